The molecule has 1 unspecified atom stereocenters. The molecule has 0 aromatic carbocycles. The number of aryl methyl sites for hydroxylation is 1. The number of aromatic nitrogens is 2. The number of hydrogen-bond acceptors (Lipinski definition) is 3. The second kappa shape index (κ2) is 3.21. The Bertz CT molecular complexity index is 534. The number of anilines is 1. The van der Waals surface area contributed by atoms with Crippen LogP contribution >= 0.6 is 0 Å². The van der Waals surface area contributed by atoms with Gasteiger partial charge in [0.1, 0.15) is 5.82 Å². The van der Waals surface area contributed by atoms with Crippen LogP contribution in [0.3, 0.4) is 0 Å². The first-order valence-corrected chi connectivity index (χ1v) is 6.43. The van der Waals surface area contributed by atoms with Crippen molar-refractivity contribution in [2.45, 2.75) is 19.9 Å². The molecule has 90 valence electrons. The van der Waals surface area contributed by atoms with Crippen LogP contribution in [0.2, 0.25) is 0 Å². The molecule has 1 aromatic heterocycles. The molecule has 2 rings (SSSR count). The molecule has 0 spiro atoms. The van der Waals surface area contributed by atoms with Crippen LogP contribution in [0.4, 0.5) is 5.82 Å². The Hall–Kier alpha value is -1.08. The van der Waals surface area contributed by atoms with Gasteiger partial charge in [-0.05, 0) is 13.8 Å². The number of nitrogens with zero attached hydrogens (tertiary/aromatic N) is 4. The largest absolute Gasteiger partial charge is 0.332 e. The Morgan fingerprint density at radius 3 is 2.38 bits per heavy atom. The zero-order valence-corrected chi connectivity index (χ0v) is 10.9. The van der Waals surface area contributed by atoms with E-state index in [-0.39, 0.29) is 6.04 Å². The molecule has 0 aliphatic carbocycles. The standard InChI is InChI=1S/C9H16N4O2S/c1-6-8-9(10-7(2)11(8)3)13(5)16(14,15)12(6)4/h6H,1-5H3. The van der Waals surface area contributed by atoms with Gasteiger partial charge in [-0.3, -0.25) is 0 Å². The fourth-order valence-electron chi connectivity index (χ4n) is 1.98. The van der Waals surface area contributed by atoms with Crippen LogP contribution in [0.25, 0.3) is 0 Å². The lowest BCUT2D eigenvalue weighted by Gasteiger charge is -2.35. The summed E-state index contributed by atoms with van der Waals surface area (Å²) >= 11 is 0. The van der Waals surface area contributed by atoms with Crippen LogP contribution in [0.5, 0.6) is 0 Å². The van der Waals surface area contributed by atoms with Crippen molar-refractivity contribution >= 4 is 16.0 Å². The van der Waals surface area contributed by atoms with E-state index in [1.54, 1.807) is 7.05 Å². The summed E-state index contributed by atoms with van der Waals surface area (Å²) in [6.45, 7) is 3.73. The van der Waals surface area contributed by atoms with E-state index in [0.717, 1.165) is 11.5 Å². The van der Waals surface area contributed by atoms with Gasteiger partial charge >= 0.3 is 10.2 Å². The maximum atomic E-state index is 12.0. The van der Waals surface area contributed by atoms with E-state index in [4.69, 9.17) is 0 Å². The Balaban J connectivity index is 2.74. The van der Waals surface area contributed by atoms with E-state index in [1.807, 2.05) is 25.5 Å². The molecule has 0 radical (unpaired) electrons. The van der Waals surface area contributed by atoms with Crippen molar-refractivity contribution in [2.24, 2.45) is 7.05 Å². The molecule has 2 heterocycles. The molecule has 0 bridgehead atoms. The van der Waals surface area contributed by atoms with Crippen LogP contribution in [0, 0.1) is 6.92 Å². The van der Waals surface area contributed by atoms with Crippen molar-refractivity contribution in [2.75, 3.05) is 18.4 Å². The second-order valence-corrected chi connectivity index (χ2v) is 6.11. The van der Waals surface area contributed by atoms with Gasteiger partial charge in [-0.1, -0.05) is 0 Å². The lowest BCUT2D eigenvalue weighted by atomic mass is 10.2. The van der Waals surface area contributed by atoms with Crippen molar-refractivity contribution in [1.82, 2.24) is 13.9 Å². The Labute approximate surface area is 95.7 Å². The van der Waals surface area contributed by atoms with Gasteiger partial charge in [-0.2, -0.15) is 12.7 Å². The van der Waals surface area contributed by atoms with Gasteiger partial charge in [0.25, 0.3) is 0 Å². The van der Waals surface area contributed by atoms with E-state index in [1.165, 1.54) is 15.7 Å². The molecule has 1 aromatic rings. The first-order valence-electron chi connectivity index (χ1n) is 5.03. The highest BCUT2D eigenvalue weighted by molar-refractivity contribution is 7.90. The quantitative estimate of drug-likeness (QED) is 0.664. The highest BCUT2D eigenvalue weighted by Gasteiger charge is 2.39. The highest BCUT2D eigenvalue weighted by atomic mass is 32.2. The molecule has 0 saturated carbocycles. The van der Waals surface area contributed by atoms with E-state index in [2.05, 4.69) is 4.98 Å². The summed E-state index contributed by atoms with van der Waals surface area (Å²) in [7, 11) is 1.60. The molecule has 1 atom stereocenters. The third kappa shape index (κ3) is 1.21. The average Bonchev–Trinajstić information content (AvgIpc) is 2.51. The van der Waals surface area contributed by atoms with Gasteiger partial charge in [-0.25, -0.2) is 9.29 Å². The fourth-order valence-corrected chi connectivity index (χ4v) is 3.22. The zero-order valence-electron chi connectivity index (χ0n) is 10.1. The van der Waals surface area contributed by atoms with Gasteiger partial charge < -0.3 is 4.57 Å². The minimum atomic E-state index is -3.42. The monoisotopic (exact) mass is 244 g/mol. The van der Waals surface area contributed by atoms with Crippen molar-refractivity contribution in [3.8, 4) is 0 Å². The summed E-state index contributed by atoms with van der Waals surface area (Å²) in [5.74, 6) is 1.35. The van der Waals surface area contributed by atoms with Crippen molar-refractivity contribution in [3.05, 3.63) is 11.5 Å². The first kappa shape index (κ1) is 11.4. The topological polar surface area (TPSA) is 58.4 Å². The Morgan fingerprint density at radius 2 is 1.81 bits per heavy atom. The molecular weight excluding hydrogens is 228 g/mol. The zero-order chi connectivity index (χ0) is 12.2. The summed E-state index contributed by atoms with van der Waals surface area (Å²) < 4.78 is 28.5. The number of fused-ring (bicyclic) bond motifs is 1. The summed E-state index contributed by atoms with van der Waals surface area (Å²) in [4.78, 5) is 4.30. The highest BCUT2D eigenvalue weighted by Crippen LogP contribution is 2.37. The summed E-state index contributed by atoms with van der Waals surface area (Å²) in [6.07, 6.45) is 0. The van der Waals surface area contributed by atoms with Gasteiger partial charge in [0.15, 0.2) is 5.82 Å². The maximum absolute atomic E-state index is 12.0. The minimum absolute atomic E-state index is 0.192. The van der Waals surface area contributed by atoms with E-state index >= 15 is 0 Å². The molecule has 1 aliphatic heterocycles. The molecule has 1 aliphatic rings. The first-order chi connectivity index (χ1) is 7.28. The molecular formula is C9H16N4O2S. The van der Waals surface area contributed by atoms with E-state index in [9.17, 15) is 8.42 Å². The maximum Gasteiger partial charge on any atom is 0.305 e. The van der Waals surface area contributed by atoms with Crippen molar-refractivity contribution < 1.29 is 8.42 Å². The van der Waals surface area contributed by atoms with E-state index < -0.39 is 10.2 Å². The molecule has 0 amide bonds. The third-order valence-corrected chi connectivity index (χ3v) is 5.20. The average molecular weight is 244 g/mol. The normalized spacial score (nSPS) is 24.6. The van der Waals surface area contributed by atoms with Gasteiger partial charge in [0, 0.05) is 21.1 Å². The molecule has 0 saturated heterocycles. The second-order valence-electron chi connectivity index (χ2n) is 4.09. The van der Waals surface area contributed by atoms with E-state index in [0.29, 0.717) is 5.82 Å². The molecule has 16 heavy (non-hydrogen) atoms. The predicted octanol–water partition coefficient (Wildman–Crippen LogP) is 0.416. The predicted molar refractivity (Wildman–Crippen MR) is 61.4 cm³/mol. The molecule has 7 heteroatoms. The van der Waals surface area contributed by atoms with Crippen molar-refractivity contribution in [1.29, 1.82) is 0 Å². The van der Waals surface area contributed by atoms with Gasteiger partial charge in [0.05, 0.1) is 11.7 Å². The summed E-state index contributed by atoms with van der Waals surface area (Å²) in [6, 6.07) is -0.192. The smallest absolute Gasteiger partial charge is 0.305 e. The molecule has 6 nitrogen and oxygen atoms in total. The van der Waals surface area contributed by atoms with Crippen LogP contribution < -0.4 is 4.31 Å². The number of rotatable bonds is 0. The van der Waals surface area contributed by atoms with Crippen LogP contribution in [0.15, 0.2) is 0 Å². The van der Waals surface area contributed by atoms with Crippen LogP contribution in [0.1, 0.15) is 24.5 Å². The minimum Gasteiger partial charge on any atom is -0.332 e. The lowest BCUT2D eigenvalue weighted by molar-refractivity contribution is 0.376. The van der Waals surface area contributed by atoms with Crippen molar-refractivity contribution in [3.63, 3.8) is 0 Å². The Kier molecular flexibility index (Phi) is 2.29. The third-order valence-electron chi connectivity index (χ3n) is 3.29. The molecule has 0 N–H and O–H groups in total. The number of hydrogen-bond donors (Lipinski definition) is 0. The van der Waals surface area contributed by atoms with Crippen LogP contribution in [-0.4, -0.2) is 36.4 Å². The Morgan fingerprint density at radius 1 is 1.25 bits per heavy atom. The lowest BCUT2D eigenvalue weighted by Crippen LogP contribution is -2.45. The molecule has 0 fully saturated rings. The number of imidazole rings is 1. The van der Waals surface area contributed by atoms with Crippen LogP contribution in [-0.2, 0) is 17.3 Å². The fraction of sp³-hybridized carbons (Fsp3) is 0.667. The van der Waals surface area contributed by atoms with Gasteiger partial charge in [0.2, 0.25) is 0 Å². The summed E-state index contributed by atoms with van der Waals surface area (Å²) in [5, 5.41) is 0. The summed E-state index contributed by atoms with van der Waals surface area (Å²) in [5.41, 5.74) is 0.928. The van der Waals surface area contributed by atoms with Gasteiger partial charge in [-0.15, -0.1) is 0 Å². The SMILES string of the molecule is Cc1nc2c(n1C)C(C)N(C)S(=O)(=O)N2C.